The second kappa shape index (κ2) is 6.37. The molecule has 0 radical (unpaired) electrons. The van der Waals surface area contributed by atoms with Crippen molar-refractivity contribution >= 4 is 28.9 Å². The van der Waals surface area contributed by atoms with Crippen molar-refractivity contribution in [2.24, 2.45) is 0 Å². The van der Waals surface area contributed by atoms with E-state index in [2.05, 4.69) is 5.32 Å². The zero-order valence-electron chi connectivity index (χ0n) is 11.6. The van der Waals surface area contributed by atoms with Gasteiger partial charge in [0.2, 0.25) is 0 Å². The molecular weight excluding hydrogens is 292 g/mol. The quantitative estimate of drug-likeness (QED) is 0.851. The molecule has 2 aromatic rings. The zero-order valence-corrected chi connectivity index (χ0v) is 12.4. The fraction of sp³-hybridized carbons (Fsp3) is 0.133. The molecule has 0 aromatic heterocycles. The first-order valence-corrected chi connectivity index (χ1v) is 6.50. The number of ether oxygens (including phenoxy) is 2. The van der Waals surface area contributed by atoms with Gasteiger partial charge in [-0.05, 0) is 18.2 Å². The number of halogens is 1. The Kier molecular flexibility index (Phi) is 4.55. The van der Waals surface area contributed by atoms with Crippen LogP contribution in [0.4, 0.5) is 11.4 Å². The summed E-state index contributed by atoms with van der Waals surface area (Å²) in [6.45, 7) is 0. The van der Waals surface area contributed by atoms with E-state index in [-0.39, 0.29) is 5.91 Å². The second-order valence-corrected chi connectivity index (χ2v) is 4.72. The van der Waals surface area contributed by atoms with Gasteiger partial charge in [0, 0.05) is 34.6 Å². The molecule has 0 aliphatic rings. The van der Waals surface area contributed by atoms with Crippen molar-refractivity contribution in [2.45, 2.75) is 0 Å². The Balaban J connectivity index is 2.28. The van der Waals surface area contributed by atoms with Crippen molar-refractivity contribution < 1.29 is 14.3 Å². The van der Waals surface area contributed by atoms with Crippen LogP contribution in [-0.2, 0) is 0 Å². The van der Waals surface area contributed by atoms with Crippen molar-refractivity contribution in [1.29, 1.82) is 0 Å². The minimum absolute atomic E-state index is 0.310. The number of rotatable bonds is 4. The lowest BCUT2D eigenvalue weighted by Gasteiger charge is -2.11. The molecule has 2 aromatic carbocycles. The van der Waals surface area contributed by atoms with Crippen molar-refractivity contribution in [2.75, 3.05) is 25.3 Å². The molecule has 0 unspecified atom stereocenters. The number of hydrogen-bond acceptors (Lipinski definition) is 4. The predicted octanol–water partition coefficient (Wildman–Crippen LogP) is 3.19. The third kappa shape index (κ3) is 3.58. The average molecular weight is 307 g/mol. The van der Waals surface area contributed by atoms with Crippen LogP contribution in [-0.4, -0.2) is 20.1 Å². The van der Waals surface area contributed by atoms with Crippen LogP contribution in [0.1, 0.15) is 10.4 Å². The molecule has 0 bridgehead atoms. The van der Waals surface area contributed by atoms with Gasteiger partial charge in [0.05, 0.1) is 19.8 Å². The maximum Gasteiger partial charge on any atom is 0.257 e. The number of benzene rings is 2. The second-order valence-electron chi connectivity index (χ2n) is 4.29. The van der Waals surface area contributed by atoms with Crippen LogP contribution >= 0.6 is 11.6 Å². The van der Waals surface area contributed by atoms with E-state index in [4.69, 9.17) is 26.8 Å². The van der Waals surface area contributed by atoms with Gasteiger partial charge in [0.15, 0.2) is 0 Å². The van der Waals surface area contributed by atoms with E-state index < -0.39 is 0 Å². The average Bonchev–Trinajstić information content (AvgIpc) is 2.49. The largest absolute Gasteiger partial charge is 0.497 e. The first-order chi connectivity index (χ1) is 10.0. The Morgan fingerprint density at radius 3 is 2.29 bits per heavy atom. The van der Waals surface area contributed by atoms with Gasteiger partial charge in [0.1, 0.15) is 11.5 Å². The third-order valence-electron chi connectivity index (χ3n) is 2.87. The lowest BCUT2D eigenvalue weighted by molar-refractivity contribution is 0.102. The predicted molar refractivity (Wildman–Crippen MR) is 83.4 cm³/mol. The van der Waals surface area contributed by atoms with Gasteiger partial charge in [-0.3, -0.25) is 4.79 Å². The zero-order chi connectivity index (χ0) is 15.4. The minimum atomic E-state index is -0.356. The summed E-state index contributed by atoms with van der Waals surface area (Å²) in [5, 5.41) is 3.18. The number of hydrogen-bond donors (Lipinski definition) is 2. The third-order valence-corrected chi connectivity index (χ3v) is 3.10. The molecule has 0 atom stereocenters. The summed E-state index contributed by atoms with van der Waals surface area (Å²) < 4.78 is 10.3. The molecular formula is C15H15ClN2O3. The number of nitrogens with one attached hydrogen (secondary N) is 1. The van der Waals surface area contributed by atoms with E-state index in [0.29, 0.717) is 33.5 Å². The van der Waals surface area contributed by atoms with Crippen LogP contribution in [0.15, 0.2) is 36.4 Å². The summed E-state index contributed by atoms with van der Waals surface area (Å²) in [6.07, 6.45) is 0. The normalized spacial score (nSPS) is 10.0. The molecule has 0 heterocycles. The minimum Gasteiger partial charge on any atom is -0.497 e. The molecule has 5 nitrogen and oxygen atoms in total. The van der Waals surface area contributed by atoms with Crippen molar-refractivity contribution in [3.05, 3.63) is 47.0 Å². The summed E-state index contributed by atoms with van der Waals surface area (Å²) in [6, 6.07) is 9.81. The molecule has 0 spiro atoms. The van der Waals surface area contributed by atoms with E-state index in [9.17, 15) is 4.79 Å². The number of nitrogen functional groups attached to an aromatic ring is 1. The highest BCUT2D eigenvalue weighted by Crippen LogP contribution is 2.27. The SMILES string of the molecule is COc1cc(NC(=O)c2cc(Cl)ccc2N)cc(OC)c1. The molecule has 0 aliphatic carbocycles. The van der Waals surface area contributed by atoms with Crippen molar-refractivity contribution in [3.8, 4) is 11.5 Å². The van der Waals surface area contributed by atoms with Crippen molar-refractivity contribution in [1.82, 2.24) is 0 Å². The Hall–Kier alpha value is -2.40. The van der Waals surface area contributed by atoms with E-state index in [1.165, 1.54) is 20.3 Å². The number of methoxy groups -OCH3 is 2. The van der Waals surface area contributed by atoms with Gasteiger partial charge in [-0.25, -0.2) is 0 Å². The smallest absolute Gasteiger partial charge is 0.257 e. The summed E-state index contributed by atoms with van der Waals surface area (Å²) in [7, 11) is 3.07. The van der Waals surface area contributed by atoms with Gasteiger partial charge >= 0.3 is 0 Å². The highest BCUT2D eigenvalue weighted by Gasteiger charge is 2.12. The number of carbonyl (C=O) groups is 1. The number of anilines is 2. The molecule has 2 rings (SSSR count). The Morgan fingerprint density at radius 1 is 1.10 bits per heavy atom. The molecule has 0 saturated heterocycles. The van der Waals surface area contributed by atoms with Gasteiger partial charge in [0.25, 0.3) is 5.91 Å². The van der Waals surface area contributed by atoms with Crippen LogP contribution in [0.2, 0.25) is 5.02 Å². The van der Waals surface area contributed by atoms with Gasteiger partial charge in [-0.1, -0.05) is 11.6 Å². The van der Waals surface area contributed by atoms with Gasteiger partial charge < -0.3 is 20.5 Å². The first kappa shape index (κ1) is 15.0. The van der Waals surface area contributed by atoms with E-state index in [1.807, 2.05) is 0 Å². The Morgan fingerprint density at radius 2 is 1.71 bits per heavy atom. The standard InChI is InChI=1S/C15H15ClN2O3/c1-20-11-6-10(7-12(8-11)21-2)18-15(19)13-5-9(16)3-4-14(13)17/h3-8H,17H2,1-2H3,(H,18,19). The van der Waals surface area contributed by atoms with E-state index in [0.717, 1.165) is 0 Å². The molecule has 0 fully saturated rings. The van der Waals surface area contributed by atoms with Crippen molar-refractivity contribution in [3.63, 3.8) is 0 Å². The maximum atomic E-state index is 12.3. The first-order valence-electron chi connectivity index (χ1n) is 6.13. The molecule has 1 amide bonds. The molecule has 3 N–H and O–H groups in total. The molecule has 21 heavy (non-hydrogen) atoms. The Bertz CT molecular complexity index is 652. The topological polar surface area (TPSA) is 73.6 Å². The van der Waals surface area contributed by atoms with Crippen LogP contribution < -0.4 is 20.5 Å². The van der Waals surface area contributed by atoms with Crippen LogP contribution in [0, 0.1) is 0 Å². The van der Waals surface area contributed by atoms with Gasteiger partial charge in [-0.2, -0.15) is 0 Å². The Labute approximate surface area is 127 Å². The fourth-order valence-corrected chi connectivity index (χ4v) is 1.98. The number of amides is 1. The van der Waals surface area contributed by atoms with Crippen LogP contribution in [0.3, 0.4) is 0 Å². The monoisotopic (exact) mass is 306 g/mol. The lowest BCUT2D eigenvalue weighted by Crippen LogP contribution is -2.14. The molecule has 6 heteroatoms. The maximum absolute atomic E-state index is 12.3. The molecule has 0 aliphatic heterocycles. The summed E-state index contributed by atoms with van der Waals surface area (Å²) in [5.41, 5.74) is 6.99. The van der Waals surface area contributed by atoms with Crippen LogP contribution in [0.5, 0.6) is 11.5 Å². The van der Waals surface area contributed by atoms with Crippen LogP contribution in [0.25, 0.3) is 0 Å². The highest BCUT2D eigenvalue weighted by molar-refractivity contribution is 6.31. The lowest BCUT2D eigenvalue weighted by atomic mass is 10.1. The van der Waals surface area contributed by atoms with E-state index in [1.54, 1.807) is 30.3 Å². The van der Waals surface area contributed by atoms with E-state index >= 15 is 0 Å². The molecule has 0 saturated carbocycles. The summed E-state index contributed by atoms with van der Waals surface area (Å²) in [4.78, 5) is 12.3. The number of carbonyl (C=O) groups excluding carboxylic acids is 1. The summed E-state index contributed by atoms with van der Waals surface area (Å²) in [5.74, 6) is 0.790. The molecule has 110 valence electrons. The fourth-order valence-electron chi connectivity index (χ4n) is 1.80. The number of nitrogens with two attached hydrogens (primary N) is 1. The van der Waals surface area contributed by atoms with Gasteiger partial charge in [-0.15, -0.1) is 0 Å². The highest BCUT2D eigenvalue weighted by atomic mass is 35.5. The summed E-state index contributed by atoms with van der Waals surface area (Å²) >= 11 is 5.88.